The Hall–Kier alpha value is 0.450. The summed E-state index contributed by atoms with van der Waals surface area (Å²) in [6, 6.07) is 10.5. The van der Waals surface area contributed by atoms with Crippen molar-refractivity contribution in [2.24, 2.45) is 0 Å². The Balaban J connectivity index is 0. The van der Waals surface area contributed by atoms with Crippen molar-refractivity contribution in [2.45, 2.75) is 26.4 Å². The summed E-state index contributed by atoms with van der Waals surface area (Å²) in [6.45, 7) is 6.08. The molecule has 3 heteroatoms. The molecule has 67 valence electrons. The molecule has 0 aliphatic carbocycles. The van der Waals surface area contributed by atoms with E-state index < -0.39 is 0 Å². The van der Waals surface area contributed by atoms with E-state index in [0.717, 1.165) is 5.75 Å². The Bertz CT molecular complexity index is 218. The summed E-state index contributed by atoms with van der Waals surface area (Å²) in [4.78, 5) is 0. The minimum Gasteiger partial charge on any atom is -0.577 e. The maximum Gasteiger partial charge on any atom is 1.00 e. The monoisotopic (exact) mass is 205 g/mol. The molecule has 0 heterocycles. The van der Waals surface area contributed by atoms with Crippen LogP contribution in [0, 0.1) is 6.07 Å². The molecule has 0 N–H and O–H groups in total. The Kier molecular flexibility index (Phi) is 8.36. The van der Waals surface area contributed by atoms with Crippen LogP contribution in [0.15, 0.2) is 24.3 Å². The topological polar surface area (TPSA) is 9.23 Å². The molecule has 1 radical (unpaired) electrons. The predicted octanol–water partition coefficient (Wildman–Crippen LogP) is -0.00611. The molecule has 1 nitrogen and oxygen atoms in total. The van der Waals surface area contributed by atoms with Crippen molar-refractivity contribution in [2.75, 3.05) is 0 Å². The second kappa shape index (κ2) is 6.84. The maximum atomic E-state index is 5.57. The molecule has 1 aromatic rings. The number of benzene rings is 1. The van der Waals surface area contributed by atoms with Crippen molar-refractivity contribution in [3.8, 4) is 5.75 Å². The fourth-order valence-corrected chi connectivity index (χ4v) is 0.794. The van der Waals surface area contributed by atoms with Gasteiger partial charge in [0.05, 0.1) is 0 Å². The second-order valence-electron chi connectivity index (χ2n) is 3.45. The SMILES string of the molecule is CC(C)(C)Oc1c[c]ccc1.[Na+].[PH2-]. The van der Waals surface area contributed by atoms with Crippen molar-refractivity contribution >= 4 is 9.90 Å². The third-order valence-electron chi connectivity index (χ3n) is 1.10. The quantitative estimate of drug-likeness (QED) is 0.463. The van der Waals surface area contributed by atoms with Crippen LogP contribution >= 0.6 is 9.90 Å². The van der Waals surface area contributed by atoms with Crippen molar-refractivity contribution in [1.29, 1.82) is 0 Å². The fraction of sp³-hybridized carbons (Fsp3) is 0.400. The summed E-state index contributed by atoms with van der Waals surface area (Å²) >= 11 is 0. The van der Waals surface area contributed by atoms with Crippen LogP contribution in [0.5, 0.6) is 5.75 Å². The summed E-state index contributed by atoms with van der Waals surface area (Å²) < 4.78 is 5.57. The Morgan fingerprint density at radius 1 is 1.31 bits per heavy atom. The second-order valence-corrected chi connectivity index (χ2v) is 3.45. The van der Waals surface area contributed by atoms with Crippen LogP contribution in [-0.4, -0.2) is 5.60 Å². The molecule has 0 atom stereocenters. The molecule has 0 fully saturated rings. The van der Waals surface area contributed by atoms with Gasteiger partial charge in [-0.3, -0.25) is 0 Å². The van der Waals surface area contributed by atoms with E-state index in [1.807, 2.05) is 45.0 Å². The van der Waals surface area contributed by atoms with Crippen LogP contribution in [0.3, 0.4) is 0 Å². The van der Waals surface area contributed by atoms with Gasteiger partial charge in [0.2, 0.25) is 0 Å². The zero-order valence-electron chi connectivity index (χ0n) is 8.79. The van der Waals surface area contributed by atoms with Crippen LogP contribution in [0.2, 0.25) is 0 Å². The molecule has 0 aliphatic heterocycles. The zero-order chi connectivity index (χ0) is 8.32. The molecular formula is C10H15NaOP. The molecule has 0 saturated carbocycles. The van der Waals surface area contributed by atoms with Gasteiger partial charge in [-0.1, -0.05) is 12.1 Å². The van der Waals surface area contributed by atoms with Gasteiger partial charge in [-0.2, -0.15) is 0 Å². The van der Waals surface area contributed by atoms with Gasteiger partial charge in [-0.05, 0) is 39.0 Å². The van der Waals surface area contributed by atoms with Crippen molar-refractivity contribution in [1.82, 2.24) is 0 Å². The summed E-state index contributed by atoms with van der Waals surface area (Å²) in [7, 11) is 0. The van der Waals surface area contributed by atoms with Gasteiger partial charge in [0.25, 0.3) is 0 Å². The minimum atomic E-state index is -0.116. The molecule has 0 amide bonds. The minimum absolute atomic E-state index is 0. The molecule has 1 aromatic carbocycles. The molecule has 0 unspecified atom stereocenters. The van der Waals surface area contributed by atoms with Gasteiger partial charge in [-0.25, -0.2) is 0 Å². The van der Waals surface area contributed by atoms with Gasteiger partial charge in [0, 0.05) is 0 Å². The van der Waals surface area contributed by atoms with E-state index in [4.69, 9.17) is 4.74 Å². The van der Waals surface area contributed by atoms with Crippen LogP contribution in [0.25, 0.3) is 0 Å². The smallest absolute Gasteiger partial charge is 0.577 e. The molecule has 0 aliphatic rings. The summed E-state index contributed by atoms with van der Waals surface area (Å²) in [5, 5.41) is 0. The molecule has 0 saturated heterocycles. The molecule has 1 rings (SSSR count). The van der Waals surface area contributed by atoms with Crippen molar-refractivity contribution in [3.63, 3.8) is 0 Å². The number of ether oxygens (including phenoxy) is 1. The predicted molar refractivity (Wildman–Crippen MR) is 55.4 cm³/mol. The van der Waals surface area contributed by atoms with Crippen LogP contribution in [-0.2, 0) is 0 Å². The average Bonchev–Trinajstić information content (AvgIpc) is 1.85. The van der Waals surface area contributed by atoms with Gasteiger partial charge >= 0.3 is 29.6 Å². The first-order chi connectivity index (χ1) is 5.08. The summed E-state index contributed by atoms with van der Waals surface area (Å²) in [5.74, 6) is 0.875. The standard InChI is InChI=1S/C10H13O.Na.H2P/c1-10(2,3)11-9-7-5-4-6-8-9;;/h4-5,7-8H,1-3H3;;1H2/q;+1;-1. The third-order valence-corrected chi connectivity index (χ3v) is 1.10. The summed E-state index contributed by atoms with van der Waals surface area (Å²) in [6.07, 6.45) is 0. The van der Waals surface area contributed by atoms with Gasteiger partial charge < -0.3 is 14.6 Å². The normalized spacial score (nSPS) is 9.46. The first-order valence-electron chi connectivity index (χ1n) is 3.73. The van der Waals surface area contributed by atoms with E-state index in [1.165, 1.54) is 0 Å². The van der Waals surface area contributed by atoms with Gasteiger partial charge in [-0.15, -0.1) is 0 Å². The fourth-order valence-electron chi connectivity index (χ4n) is 0.794. The first-order valence-corrected chi connectivity index (χ1v) is 3.73. The van der Waals surface area contributed by atoms with E-state index in [2.05, 4.69) is 6.07 Å². The number of hydrogen-bond acceptors (Lipinski definition) is 1. The number of rotatable bonds is 1. The van der Waals surface area contributed by atoms with E-state index in [1.54, 1.807) is 0 Å². The summed E-state index contributed by atoms with van der Waals surface area (Å²) in [5.41, 5.74) is -0.116. The Morgan fingerprint density at radius 2 is 1.92 bits per heavy atom. The van der Waals surface area contributed by atoms with Crippen molar-refractivity contribution in [3.05, 3.63) is 30.3 Å². The number of hydrogen-bond donors (Lipinski definition) is 0. The van der Waals surface area contributed by atoms with Crippen molar-refractivity contribution < 1.29 is 34.3 Å². The van der Waals surface area contributed by atoms with E-state index in [-0.39, 0.29) is 45.1 Å². The van der Waals surface area contributed by atoms with Gasteiger partial charge in [0.1, 0.15) is 11.4 Å². The zero-order valence-corrected chi connectivity index (χ0v) is 11.9. The molecule has 13 heavy (non-hydrogen) atoms. The molecule has 0 bridgehead atoms. The first kappa shape index (κ1) is 15.9. The Labute approximate surface area is 106 Å². The molecule has 0 spiro atoms. The van der Waals surface area contributed by atoms with E-state index >= 15 is 0 Å². The Morgan fingerprint density at radius 3 is 2.31 bits per heavy atom. The van der Waals surface area contributed by atoms with E-state index in [9.17, 15) is 0 Å². The molecular weight excluding hydrogens is 190 g/mol. The maximum absolute atomic E-state index is 5.57. The van der Waals surface area contributed by atoms with Crippen LogP contribution < -0.4 is 34.3 Å². The van der Waals surface area contributed by atoms with Crippen LogP contribution in [0.4, 0.5) is 0 Å². The van der Waals surface area contributed by atoms with E-state index in [0.29, 0.717) is 0 Å². The molecule has 0 aromatic heterocycles. The largest absolute Gasteiger partial charge is 1.00 e. The van der Waals surface area contributed by atoms with Crippen LogP contribution in [0.1, 0.15) is 20.8 Å². The average molecular weight is 205 g/mol. The third kappa shape index (κ3) is 7.52. The van der Waals surface area contributed by atoms with Gasteiger partial charge in [0.15, 0.2) is 0 Å².